The second-order valence-electron chi connectivity index (χ2n) is 4.99. The summed E-state index contributed by atoms with van der Waals surface area (Å²) >= 11 is 6.73. The number of carbonyl (C=O) groups excluding carboxylic acids is 1. The van der Waals surface area contributed by atoms with Gasteiger partial charge < -0.3 is 10.1 Å². The fourth-order valence-corrected chi connectivity index (χ4v) is 3.30. The third kappa shape index (κ3) is 1.94. The second-order valence-corrected chi connectivity index (χ2v) is 6.82. The van der Waals surface area contributed by atoms with Crippen LogP contribution in [0.4, 0.5) is 5.69 Å². The largest absolute Gasteiger partial charge is 0.505 e. The number of hydrogen-bond donors (Lipinski definition) is 2. The molecule has 0 bridgehead atoms. The molecule has 0 unspecified atom stereocenters. The average molecular weight is 420 g/mol. The number of aromatic amines is 1. The Balaban J connectivity index is 1.91. The zero-order valence-corrected chi connectivity index (χ0v) is 14.2. The molecular formula is C16H8Br2N2O2. The molecule has 0 aliphatic carbocycles. The molecule has 2 aromatic carbocycles. The Morgan fingerprint density at radius 2 is 1.77 bits per heavy atom. The van der Waals surface area contributed by atoms with E-state index in [1.165, 1.54) is 0 Å². The minimum Gasteiger partial charge on any atom is -0.505 e. The van der Waals surface area contributed by atoms with Gasteiger partial charge in [-0.15, -0.1) is 0 Å². The van der Waals surface area contributed by atoms with E-state index in [4.69, 9.17) is 0 Å². The van der Waals surface area contributed by atoms with Gasteiger partial charge in [0.2, 0.25) is 5.78 Å². The van der Waals surface area contributed by atoms with Crippen molar-refractivity contribution >= 4 is 59.9 Å². The van der Waals surface area contributed by atoms with Gasteiger partial charge in [-0.1, -0.05) is 31.9 Å². The van der Waals surface area contributed by atoms with Crippen molar-refractivity contribution in [1.82, 2.24) is 4.98 Å². The van der Waals surface area contributed by atoms with E-state index in [1.54, 1.807) is 18.2 Å². The van der Waals surface area contributed by atoms with Crippen LogP contribution in [0.25, 0.3) is 10.9 Å². The molecule has 0 atom stereocenters. The van der Waals surface area contributed by atoms with Gasteiger partial charge in [0.25, 0.3) is 0 Å². The molecule has 4 rings (SSSR count). The monoisotopic (exact) mass is 418 g/mol. The van der Waals surface area contributed by atoms with Crippen LogP contribution in [-0.2, 0) is 0 Å². The van der Waals surface area contributed by atoms with Gasteiger partial charge in [-0.3, -0.25) is 4.79 Å². The summed E-state index contributed by atoms with van der Waals surface area (Å²) in [6.45, 7) is 0. The number of ketones is 1. The average Bonchev–Trinajstić information content (AvgIpc) is 2.98. The van der Waals surface area contributed by atoms with Gasteiger partial charge in [-0.05, 0) is 36.4 Å². The standard InChI is InChI=1S/C16H8Br2N2O2/c17-7-1-3-11-9(5-7)15(21)13(19-11)14-16(22)10-6-8(18)2-4-12(10)20-14/h1-6,19,21H. The molecule has 3 aromatic rings. The number of halogens is 2. The molecule has 1 aromatic heterocycles. The van der Waals surface area contributed by atoms with Crippen LogP contribution in [0, 0.1) is 0 Å². The molecule has 108 valence electrons. The molecule has 0 saturated heterocycles. The first-order valence-corrected chi connectivity index (χ1v) is 8.06. The topological polar surface area (TPSA) is 65.5 Å². The third-order valence-corrected chi connectivity index (χ3v) is 4.61. The van der Waals surface area contributed by atoms with Gasteiger partial charge >= 0.3 is 0 Å². The molecule has 0 fully saturated rings. The third-order valence-electron chi connectivity index (χ3n) is 3.62. The van der Waals surface area contributed by atoms with E-state index in [1.807, 2.05) is 18.2 Å². The van der Waals surface area contributed by atoms with Crippen molar-refractivity contribution < 1.29 is 9.90 Å². The van der Waals surface area contributed by atoms with Crippen LogP contribution < -0.4 is 0 Å². The number of aromatic hydroxyl groups is 1. The molecule has 22 heavy (non-hydrogen) atoms. The highest BCUT2D eigenvalue weighted by Gasteiger charge is 2.29. The summed E-state index contributed by atoms with van der Waals surface area (Å²) in [5, 5.41) is 11.1. The number of nitrogens with zero attached hydrogens (tertiary/aromatic N) is 1. The molecular weight excluding hydrogens is 412 g/mol. The molecule has 0 radical (unpaired) electrons. The number of H-pyrrole nitrogens is 1. The Labute approximate surface area is 142 Å². The van der Waals surface area contributed by atoms with E-state index in [0.29, 0.717) is 22.3 Å². The maximum atomic E-state index is 12.6. The predicted molar refractivity (Wildman–Crippen MR) is 92.3 cm³/mol. The quantitative estimate of drug-likeness (QED) is 0.599. The van der Waals surface area contributed by atoms with Crippen molar-refractivity contribution in [3.8, 4) is 5.75 Å². The van der Waals surface area contributed by atoms with Crippen molar-refractivity contribution in [1.29, 1.82) is 0 Å². The first-order valence-electron chi connectivity index (χ1n) is 6.48. The first-order chi connectivity index (χ1) is 10.5. The van der Waals surface area contributed by atoms with Crippen LogP contribution in [0.1, 0.15) is 16.1 Å². The van der Waals surface area contributed by atoms with Crippen molar-refractivity contribution in [2.24, 2.45) is 4.99 Å². The van der Waals surface area contributed by atoms with Crippen LogP contribution in [0.2, 0.25) is 0 Å². The minimum absolute atomic E-state index is 0.0373. The summed E-state index contributed by atoms with van der Waals surface area (Å²) in [7, 11) is 0. The van der Waals surface area contributed by atoms with Crippen molar-refractivity contribution in [3.05, 3.63) is 56.6 Å². The molecule has 0 spiro atoms. The van der Waals surface area contributed by atoms with Gasteiger partial charge in [0.05, 0.1) is 11.3 Å². The number of hydrogen-bond acceptors (Lipinski definition) is 3. The molecule has 0 amide bonds. The van der Waals surface area contributed by atoms with Gasteiger partial charge in [-0.25, -0.2) is 4.99 Å². The Hall–Kier alpha value is -1.92. The number of rotatable bonds is 1. The van der Waals surface area contributed by atoms with Crippen LogP contribution >= 0.6 is 31.9 Å². The summed E-state index contributed by atoms with van der Waals surface area (Å²) in [5.74, 6) is -0.160. The molecule has 4 nitrogen and oxygen atoms in total. The fourth-order valence-electron chi connectivity index (χ4n) is 2.58. The SMILES string of the molecule is O=C1C(c2[nH]c3ccc(Br)cc3c2O)=Nc2ccc(Br)cc21. The summed E-state index contributed by atoms with van der Waals surface area (Å²) in [5.41, 5.74) is 2.48. The van der Waals surface area contributed by atoms with Crippen LogP contribution in [0.15, 0.2) is 50.3 Å². The summed E-state index contributed by atoms with van der Waals surface area (Å²) in [4.78, 5) is 20.0. The Morgan fingerprint density at radius 3 is 2.59 bits per heavy atom. The number of aromatic nitrogens is 1. The molecule has 2 heterocycles. The normalized spacial score (nSPS) is 13.5. The van der Waals surface area contributed by atoms with Gasteiger partial charge in [0.1, 0.15) is 11.4 Å². The van der Waals surface area contributed by atoms with Crippen molar-refractivity contribution in [3.63, 3.8) is 0 Å². The molecule has 2 N–H and O–H groups in total. The highest BCUT2D eigenvalue weighted by molar-refractivity contribution is 9.10. The highest BCUT2D eigenvalue weighted by atomic mass is 79.9. The Morgan fingerprint density at radius 1 is 1.05 bits per heavy atom. The number of benzene rings is 2. The Kier molecular flexibility index (Phi) is 2.99. The first kappa shape index (κ1) is 13.7. The Bertz CT molecular complexity index is 989. The van der Waals surface area contributed by atoms with E-state index in [2.05, 4.69) is 41.8 Å². The van der Waals surface area contributed by atoms with Crippen LogP contribution in [0.3, 0.4) is 0 Å². The van der Waals surface area contributed by atoms with Gasteiger partial charge in [-0.2, -0.15) is 0 Å². The number of Topliss-reactive ketones (excluding diaryl/α,β-unsaturated/α-hetero) is 1. The van der Waals surface area contributed by atoms with Crippen LogP contribution in [-0.4, -0.2) is 21.6 Å². The van der Waals surface area contributed by atoms with Crippen LogP contribution in [0.5, 0.6) is 5.75 Å². The number of aliphatic imine (C=N–C) groups is 1. The molecule has 6 heteroatoms. The molecule has 0 saturated carbocycles. The van der Waals surface area contributed by atoms with Gasteiger partial charge in [0, 0.05) is 19.8 Å². The summed E-state index contributed by atoms with van der Waals surface area (Å²) in [6.07, 6.45) is 0. The fraction of sp³-hybridized carbons (Fsp3) is 0. The molecule has 1 aliphatic rings. The van der Waals surface area contributed by atoms with E-state index < -0.39 is 0 Å². The highest BCUT2D eigenvalue weighted by Crippen LogP contribution is 2.36. The molecule has 1 aliphatic heterocycles. The number of fused-ring (bicyclic) bond motifs is 2. The van der Waals surface area contributed by atoms with Gasteiger partial charge in [0.15, 0.2) is 5.75 Å². The van der Waals surface area contributed by atoms with Crippen molar-refractivity contribution in [2.75, 3.05) is 0 Å². The lowest BCUT2D eigenvalue weighted by Crippen LogP contribution is -2.11. The van der Waals surface area contributed by atoms with E-state index in [-0.39, 0.29) is 17.2 Å². The summed E-state index contributed by atoms with van der Waals surface area (Å²) < 4.78 is 1.67. The van der Waals surface area contributed by atoms with E-state index >= 15 is 0 Å². The lowest BCUT2D eigenvalue weighted by Gasteiger charge is -1.97. The lowest BCUT2D eigenvalue weighted by molar-refractivity contribution is 0.106. The zero-order chi connectivity index (χ0) is 15.4. The maximum Gasteiger partial charge on any atom is 0.215 e. The van der Waals surface area contributed by atoms with Crippen molar-refractivity contribution in [2.45, 2.75) is 0 Å². The smallest absolute Gasteiger partial charge is 0.215 e. The minimum atomic E-state index is -0.197. The second kappa shape index (κ2) is 4.79. The number of nitrogens with one attached hydrogen (secondary N) is 1. The maximum absolute atomic E-state index is 12.6. The lowest BCUT2D eigenvalue weighted by atomic mass is 10.1. The van der Waals surface area contributed by atoms with E-state index in [0.717, 1.165) is 14.5 Å². The predicted octanol–water partition coefficient (Wildman–Crippen LogP) is 4.72. The van der Waals surface area contributed by atoms with E-state index in [9.17, 15) is 9.90 Å². The number of carbonyl (C=O) groups is 1. The summed E-state index contributed by atoms with van der Waals surface area (Å²) in [6, 6.07) is 10.9. The zero-order valence-electron chi connectivity index (χ0n) is 11.0.